The maximum atomic E-state index is 12.3. The summed E-state index contributed by atoms with van der Waals surface area (Å²) in [5.41, 5.74) is 2.81. The average Bonchev–Trinajstić information content (AvgIpc) is 2.78. The molecule has 0 bridgehead atoms. The van der Waals surface area contributed by atoms with E-state index in [-0.39, 0.29) is 5.91 Å². The normalized spacial score (nSPS) is 10.6. The van der Waals surface area contributed by atoms with Gasteiger partial charge in [-0.15, -0.1) is 0 Å². The molecule has 0 saturated carbocycles. The molecule has 0 aliphatic carbocycles. The summed E-state index contributed by atoms with van der Waals surface area (Å²) in [5.74, 6) is 1.46. The molecule has 0 atom stereocenters. The number of hydrogen-bond acceptors (Lipinski definition) is 5. The molecule has 1 aromatic heterocycles. The van der Waals surface area contributed by atoms with Gasteiger partial charge in [0.05, 0.1) is 0 Å². The quantitative estimate of drug-likeness (QED) is 0.281. The van der Waals surface area contributed by atoms with Crippen LogP contribution in [0.5, 0.6) is 0 Å². The predicted octanol–water partition coefficient (Wildman–Crippen LogP) is 5.20. The summed E-state index contributed by atoms with van der Waals surface area (Å²) in [6.07, 6.45) is 0. The second-order valence-electron chi connectivity index (χ2n) is 6.66. The number of carbonyl (C=O) groups excluding carboxylic acids is 1. The van der Waals surface area contributed by atoms with E-state index < -0.39 is 0 Å². The molecule has 1 amide bonds. The first-order chi connectivity index (χ1) is 14.6. The summed E-state index contributed by atoms with van der Waals surface area (Å²) in [4.78, 5) is 23.4. The molecule has 5 nitrogen and oxygen atoms in total. The van der Waals surface area contributed by atoms with Crippen molar-refractivity contribution in [2.75, 3.05) is 18.0 Å². The van der Waals surface area contributed by atoms with Crippen LogP contribution in [-0.4, -0.2) is 29.0 Å². The molecule has 2 aromatic carbocycles. The van der Waals surface area contributed by atoms with Gasteiger partial charge in [-0.2, -0.15) is 0 Å². The first kappa shape index (κ1) is 22.1. The third-order valence-electron chi connectivity index (χ3n) is 4.63. The highest BCUT2D eigenvalue weighted by atomic mass is 35.5. The smallest absolute Gasteiger partial charge is 0.251 e. The standard InChI is InChI=1S/C23H25ClN4OS/c1-3-28(4-2)21-14-20(24)26-23(27-21)30-16-18-10-12-19(13-11-18)22(29)25-15-17-8-6-5-7-9-17/h5-14H,3-4,15-16H2,1-2H3,(H,25,29). The van der Waals surface area contributed by atoms with E-state index in [0.717, 1.165) is 30.0 Å². The van der Waals surface area contributed by atoms with Crippen molar-refractivity contribution >= 4 is 35.1 Å². The van der Waals surface area contributed by atoms with Gasteiger partial charge in [0.25, 0.3) is 5.91 Å². The van der Waals surface area contributed by atoms with E-state index in [1.807, 2.05) is 54.6 Å². The Morgan fingerprint density at radius 2 is 1.70 bits per heavy atom. The molecular formula is C23H25ClN4OS. The van der Waals surface area contributed by atoms with Crippen LogP contribution in [0.1, 0.15) is 35.3 Å². The Bertz CT molecular complexity index is 963. The molecule has 0 aliphatic rings. The molecule has 3 rings (SSSR count). The van der Waals surface area contributed by atoms with Crippen LogP contribution in [0, 0.1) is 0 Å². The number of halogens is 1. The molecule has 7 heteroatoms. The molecule has 1 N–H and O–H groups in total. The summed E-state index contributed by atoms with van der Waals surface area (Å²) in [5, 5.41) is 4.03. The van der Waals surface area contributed by atoms with Crippen molar-refractivity contribution in [3.63, 3.8) is 0 Å². The number of thioether (sulfide) groups is 1. The van der Waals surface area contributed by atoms with Gasteiger partial charge in [0.1, 0.15) is 11.0 Å². The van der Waals surface area contributed by atoms with Crippen molar-refractivity contribution in [1.82, 2.24) is 15.3 Å². The topological polar surface area (TPSA) is 58.1 Å². The number of aromatic nitrogens is 2. The maximum Gasteiger partial charge on any atom is 0.251 e. The highest BCUT2D eigenvalue weighted by Gasteiger charge is 2.10. The largest absolute Gasteiger partial charge is 0.357 e. The molecule has 1 heterocycles. The Kier molecular flexibility index (Phi) is 8.11. The van der Waals surface area contributed by atoms with E-state index in [1.54, 1.807) is 6.07 Å². The molecule has 0 aliphatic heterocycles. The summed E-state index contributed by atoms with van der Waals surface area (Å²) >= 11 is 7.71. The third-order valence-corrected chi connectivity index (χ3v) is 5.74. The summed E-state index contributed by atoms with van der Waals surface area (Å²) in [6.45, 7) is 6.41. The number of benzene rings is 2. The van der Waals surface area contributed by atoms with Crippen molar-refractivity contribution in [3.05, 3.63) is 82.5 Å². The lowest BCUT2D eigenvalue weighted by molar-refractivity contribution is 0.0951. The number of hydrogen-bond donors (Lipinski definition) is 1. The zero-order valence-corrected chi connectivity index (χ0v) is 18.7. The lowest BCUT2D eigenvalue weighted by atomic mass is 10.1. The van der Waals surface area contributed by atoms with Gasteiger partial charge in [-0.3, -0.25) is 4.79 Å². The Hall–Kier alpha value is -2.57. The van der Waals surface area contributed by atoms with Crippen LogP contribution in [0.15, 0.2) is 65.8 Å². The Balaban J connectivity index is 1.57. The van der Waals surface area contributed by atoms with Gasteiger partial charge >= 0.3 is 0 Å². The molecule has 0 fully saturated rings. The summed E-state index contributed by atoms with van der Waals surface area (Å²) in [7, 11) is 0. The number of rotatable bonds is 9. The van der Waals surface area contributed by atoms with Crippen LogP contribution in [-0.2, 0) is 12.3 Å². The SMILES string of the molecule is CCN(CC)c1cc(Cl)nc(SCc2ccc(C(=O)NCc3ccccc3)cc2)n1. The highest BCUT2D eigenvalue weighted by molar-refractivity contribution is 7.98. The second kappa shape index (κ2) is 11.0. The fourth-order valence-electron chi connectivity index (χ4n) is 2.94. The Morgan fingerprint density at radius 3 is 2.37 bits per heavy atom. The van der Waals surface area contributed by atoms with Gasteiger partial charge in [0.2, 0.25) is 0 Å². The van der Waals surface area contributed by atoms with E-state index in [4.69, 9.17) is 11.6 Å². The number of nitrogens with one attached hydrogen (secondary N) is 1. The Labute approximate surface area is 186 Å². The Morgan fingerprint density at radius 1 is 1.00 bits per heavy atom. The first-order valence-corrected chi connectivity index (χ1v) is 11.3. The van der Waals surface area contributed by atoms with Crippen LogP contribution in [0.2, 0.25) is 5.15 Å². The zero-order chi connectivity index (χ0) is 21.3. The second-order valence-corrected chi connectivity index (χ2v) is 7.99. The first-order valence-electron chi connectivity index (χ1n) is 9.92. The van der Waals surface area contributed by atoms with Crippen LogP contribution in [0.25, 0.3) is 0 Å². The number of anilines is 1. The van der Waals surface area contributed by atoms with Crippen molar-refractivity contribution in [3.8, 4) is 0 Å². The molecule has 0 radical (unpaired) electrons. The van der Waals surface area contributed by atoms with Crippen molar-refractivity contribution in [2.24, 2.45) is 0 Å². The van der Waals surface area contributed by atoms with Crippen LogP contribution in [0.4, 0.5) is 5.82 Å². The minimum atomic E-state index is -0.0832. The molecule has 30 heavy (non-hydrogen) atoms. The molecule has 3 aromatic rings. The van der Waals surface area contributed by atoms with Crippen LogP contribution >= 0.6 is 23.4 Å². The molecule has 0 saturated heterocycles. The van der Waals surface area contributed by atoms with E-state index in [0.29, 0.717) is 28.2 Å². The third kappa shape index (κ3) is 6.21. The van der Waals surface area contributed by atoms with Gasteiger partial charge in [0, 0.05) is 37.0 Å². The monoisotopic (exact) mass is 440 g/mol. The van der Waals surface area contributed by atoms with Crippen molar-refractivity contribution in [2.45, 2.75) is 31.3 Å². The zero-order valence-electron chi connectivity index (χ0n) is 17.1. The predicted molar refractivity (Wildman–Crippen MR) is 124 cm³/mol. The number of nitrogens with zero attached hydrogens (tertiary/aromatic N) is 3. The minimum absolute atomic E-state index is 0.0832. The average molecular weight is 441 g/mol. The fourth-order valence-corrected chi connectivity index (χ4v) is 3.98. The van der Waals surface area contributed by atoms with Gasteiger partial charge in [-0.1, -0.05) is 65.8 Å². The van der Waals surface area contributed by atoms with Crippen molar-refractivity contribution < 1.29 is 4.79 Å². The molecule has 0 unspecified atom stereocenters. The highest BCUT2D eigenvalue weighted by Crippen LogP contribution is 2.24. The minimum Gasteiger partial charge on any atom is -0.357 e. The van der Waals surface area contributed by atoms with Gasteiger partial charge in [-0.05, 0) is 37.1 Å². The van der Waals surface area contributed by atoms with Gasteiger partial charge < -0.3 is 10.2 Å². The van der Waals surface area contributed by atoms with E-state index in [1.165, 1.54) is 11.8 Å². The lowest BCUT2D eigenvalue weighted by Crippen LogP contribution is -2.23. The number of carbonyl (C=O) groups is 1. The maximum absolute atomic E-state index is 12.3. The van der Waals surface area contributed by atoms with Crippen molar-refractivity contribution in [1.29, 1.82) is 0 Å². The molecule has 0 spiro atoms. The van der Waals surface area contributed by atoms with Crippen LogP contribution < -0.4 is 10.2 Å². The van der Waals surface area contributed by atoms with E-state index >= 15 is 0 Å². The van der Waals surface area contributed by atoms with E-state index in [9.17, 15) is 4.79 Å². The van der Waals surface area contributed by atoms with Crippen LogP contribution in [0.3, 0.4) is 0 Å². The summed E-state index contributed by atoms with van der Waals surface area (Å²) in [6, 6.07) is 19.3. The molecule has 156 valence electrons. The van der Waals surface area contributed by atoms with Gasteiger partial charge in [0.15, 0.2) is 5.16 Å². The molecular weight excluding hydrogens is 416 g/mol. The van der Waals surface area contributed by atoms with E-state index in [2.05, 4.69) is 34.0 Å². The lowest BCUT2D eigenvalue weighted by Gasteiger charge is -2.20. The number of amides is 1. The van der Waals surface area contributed by atoms with Gasteiger partial charge in [-0.25, -0.2) is 9.97 Å². The fraction of sp³-hybridized carbons (Fsp3) is 0.261. The summed E-state index contributed by atoms with van der Waals surface area (Å²) < 4.78 is 0.